The number of hydrogen-bond acceptors (Lipinski definition) is 2. The summed E-state index contributed by atoms with van der Waals surface area (Å²) >= 11 is 0. The topological polar surface area (TPSA) is 38.1 Å². The van der Waals surface area contributed by atoms with Crippen molar-refractivity contribution in [1.82, 2.24) is 14.5 Å². The lowest BCUT2D eigenvalue weighted by molar-refractivity contribution is -0.127. The van der Waals surface area contributed by atoms with Crippen molar-refractivity contribution in [3.63, 3.8) is 0 Å². The first kappa shape index (κ1) is 17.0. The van der Waals surface area contributed by atoms with Gasteiger partial charge in [0.05, 0.1) is 11.0 Å². The summed E-state index contributed by atoms with van der Waals surface area (Å²) in [6.45, 7) is 4.33. The van der Waals surface area contributed by atoms with Crippen molar-refractivity contribution in [2.45, 2.75) is 25.8 Å². The van der Waals surface area contributed by atoms with Crippen LogP contribution >= 0.6 is 0 Å². The minimum Gasteiger partial charge on any atom is -0.342 e. The number of carbonyl (C=O) groups is 1. The Balaban J connectivity index is 1.58. The Morgan fingerprint density at radius 2 is 1.79 bits per heavy atom. The molecule has 1 aliphatic heterocycles. The average molecular weight is 369 g/mol. The molecular formula is C24H23N3O. The van der Waals surface area contributed by atoms with Gasteiger partial charge in [-0.2, -0.15) is 0 Å². The third kappa shape index (κ3) is 2.85. The van der Waals surface area contributed by atoms with Crippen molar-refractivity contribution in [1.29, 1.82) is 0 Å². The summed E-state index contributed by atoms with van der Waals surface area (Å²) in [6, 6.07) is 23.3. The van der Waals surface area contributed by atoms with E-state index in [9.17, 15) is 4.79 Å². The van der Waals surface area contributed by atoms with Crippen molar-refractivity contribution in [2.24, 2.45) is 0 Å². The van der Waals surface area contributed by atoms with E-state index in [-0.39, 0.29) is 11.8 Å². The summed E-state index contributed by atoms with van der Waals surface area (Å²) in [5.74, 6) is 1.41. The van der Waals surface area contributed by atoms with Crippen LogP contribution in [0.3, 0.4) is 0 Å². The molecule has 0 radical (unpaired) electrons. The number of amides is 1. The summed E-state index contributed by atoms with van der Waals surface area (Å²) in [5.41, 5.74) is 3.38. The predicted molar refractivity (Wildman–Crippen MR) is 112 cm³/mol. The van der Waals surface area contributed by atoms with E-state index in [1.54, 1.807) is 0 Å². The summed E-state index contributed by atoms with van der Waals surface area (Å²) < 4.78 is 2.30. The molecule has 0 spiro atoms. The van der Waals surface area contributed by atoms with Crippen LogP contribution in [0, 0.1) is 0 Å². The fourth-order valence-corrected chi connectivity index (χ4v) is 4.34. The first-order chi connectivity index (χ1) is 13.7. The maximum absolute atomic E-state index is 12.3. The SMILES string of the molecule is CCN1CC(c2nc3ccccc3n2Cc2ccc3ccccc3c2)CC1=O. The molecule has 0 bridgehead atoms. The molecule has 1 aromatic heterocycles. The molecule has 0 saturated carbocycles. The zero-order valence-electron chi connectivity index (χ0n) is 16.0. The highest BCUT2D eigenvalue weighted by atomic mass is 16.2. The lowest BCUT2D eigenvalue weighted by Gasteiger charge is -2.16. The van der Waals surface area contributed by atoms with Crippen LogP contribution in [0.4, 0.5) is 0 Å². The smallest absolute Gasteiger partial charge is 0.223 e. The van der Waals surface area contributed by atoms with Crippen molar-refractivity contribution < 1.29 is 4.79 Å². The first-order valence-electron chi connectivity index (χ1n) is 9.93. The summed E-state index contributed by atoms with van der Waals surface area (Å²) in [6.07, 6.45) is 0.550. The van der Waals surface area contributed by atoms with Crippen LogP contribution in [0.15, 0.2) is 66.7 Å². The highest BCUT2D eigenvalue weighted by Crippen LogP contribution is 2.31. The Hall–Kier alpha value is -3.14. The number of imidazole rings is 1. The zero-order chi connectivity index (χ0) is 19.1. The monoisotopic (exact) mass is 369 g/mol. The summed E-state index contributed by atoms with van der Waals surface area (Å²) in [7, 11) is 0. The van der Waals surface area contributed by atoms with E-state index < -0.39 is 0 Å². The van der Waals surface area contributed by atoms with Crippen LogP contribution in [0.1, 0.15) is 30.7 Å². The molecule has 1 amide bonds. The van der Waals surface area contributed by atoms with E-state index in [0.717, 1.165) is 36.5 Å². The summed E-state index contributed by atoms with van der Waals surface area (Å²) in [5, 5.41) is 2.50. The first-order valence-corrected chi connectivity index (χ1v) is 9.93. The zero-order valence-corrected chi connectivity index (χ0v) is 16.0. The molecule has 4 nitrogen and oxygen atoms in total. The van der Waals surface area contributed by atoms with E-state index >= 15 is 0 Å². The Bertz CT molecular complexity index is 1180. The molecule has 140 valence electrons. The van der Waals surface area contributed by atoms with Gasteiger partial charge < -0.3 is 9.47 Å². The number of rotatable bonds is 4. The second-order valence-corrected chi connectivity index (χ2v) is 7.56. The quantitative estimate of drug-likeness (QED) is 0.528. The molecule has 3 aromatic carbocycles. The van der Waals surface area contributed by atoms with E-state index in [4.69, 9.17) is 4.98 Å². The van der Waals surface area contributed by atoms with Gasteiger partial charge in [-0.25, -0.2) is 4.98 Å². The number of fused-ring (bicyclic) bond motifs is 2. The second-order valence-electron chi connectivity index (χ2n) is 7.56. The molecule has 28 heavy (non-hydrogen) atoms. The molecule has 4 aromatic rings. The number of nitrogens with zero attached hydrogens (tertiary/aromatic N) is 3. The van der Waals surface area contributed by atoms with Gasteiger partial charge in [0.15, 0.2) is 0 Å². The van der Waals surface area contributed by atoms with Gasteiger partial charge in [-0.05, 0) is 41.5 Å². The van der Waals surface area contributed by atoms with Gasteiger partial charge in [-0.3, -0.25) is 4.79 Å². The number of aromatic nitrogens is 2. The third-order valence-corrected chi connectivity index (χ3v) is 5.80. The lowest BCUT2D eigenvalue weighted by Crippen LogP contribution is -2.24. The number of hydrogen-bond donors (Lipinski definition) is 0. The number of benzene rings is 3. The molecule has 1 atom stereocenters. The van der Waals surface area contributed by atoms with Gasteiger partial charge in [-0.15, -0.1) is 0 Å². The Morgan fingerprint density at radius 1 is 1.00 bits per heavy atom. The van der Waals surface area contributed by atoms with E-state index in [0.29, 0.717) is 6.42 Å². The number of para-hydroxylation sites is 2. The fourth-order valence-electron chi connectivity index (χ4n) is 4.34. The maximum atomic E-state index is 12.3. The van der Waals surface area contributed by atoms with E-state index in [1.165, 1.54) is 16.3 Å². The van der Waals surface area contributed by atoms with Crippen LogP contribution in [0.25, 0.3) is 21.8 Å². The number of likely N-dealkylation sites (tertiary alicyclic amines) is 1. The Kier molecular flexibility index (Phi) is 4.12. The molecule has 1 aliphatic rings. The fraction of sp³-hybridized carbons (Fsp3) is 0.250. The van der Waals surface area contributed by atoms with Gasteiger partial charge in [-0.1, -0.05) is 48.5 Å². The van der Waals surface area contributed by atoms with E-state index in [2.05, 4.69) is 65.2 Å². The maximum Gasteiger partial charge on any atom is 0.223 e. The molecule has 1 saturated heterocycles. The van der Waals surface area contributed by atoms with Crippen molar-refractivity contribution in [3.8, 4) is 0 Å². The van der Waals surface area contributed by atoms with Crippen LogP contribution in [-0.4, -0.2) is 33.4 Å². The van der Waals surface area contributed by atoms with Crippen molar-refractivity contribution in [3.05, 3.63) is 78.1 Å². The molecule has 0 aliphatic carbocycles. The molecule has 5 rings (SSSR count). The van der Waals surface area contributed by atoms with Gasteiger partial charge in [0, 0.05) is 32.0 Å². The van der Waals surface area contributed by atoms with Crippen molar-refractivity contribution >= 4 is 27.7 Å². The minimum absolute atomic E-state index is 0.153. The molecule has 2 heterocycles. The van der Waals surface area contributed by atoms with Crippen LogP contribution < -0.4 is 0 Å². The highest BCUT2D eigenvalue weighted by Gasteiger charge is 2.33. The molecule has 1 unspecified atom stereocenters. The predicted octanol–water partition coefficient (Wildman–Crippen LogP) is 4.57. The number of likely N-dealkylation sites (N-methyl/N-ethyl adjacent to an activating group) is 1. The average Bonchev–Trinajstić information content (AvgIpc) is 3.28. The van der Waals surface area contributed by atoms with Crippen LogP contribution in [0.5, 0.6) is 0 Å². The third-order valence-electron chi connectivity index (χ3n) is 5.80. The Morgan fingerprint density at radius 3 is 2.61 bits per heavy atom. The number of carbonyl (C=O) groups excluding carboxylic acids is 1. The normalized spacial score (nSPS) is 17.1. The van der Waals surface area contributed by atoms with Crippen LogP contribution in [-0.2, 0) is 11.3 Å². The largest absolute Gasteiger partial charge is 0.342 e. The Labute approximate surface area is 164 Å². The van der Waals surface area contributed by atoms with Crippen molar-refractivity contribution in [2.75, 3.05) is 13.1 Å². The molecule has 1 fully saturated rings. The van der Waals surface area contributed by atoms with Gasteiger partial charge in [0.2, 0.25) is 5.91 Å². The molecular weight excluding hydrogens is 346 g/mol. The summed E-state index contributed by atoms with van der Waals surface area (Å²) in [4.78, 5) is 19.2. The molecule has 4 heteroatoms. The van der Waals surface area contributed by atoms with Gasteiger partial charge in [0.1, 0.15) is 5.82 Å². The highest BCUT2D eigenvalue weighted by molar-refractivity contribution is 5.83. The van der Waals surface area contributed by atoms with Crippen LogP contribution in [0.2, 0.25) is 0 Å². The molecule has 0 N–H and O–H groups in total. The van der Waals surface area contributed by atoms with Gasteiger partial charge >= 0.3 is 0 Å². The van der Waals surface area contributed by atoms with E-state index in [1.807, 2.05) is 17.9 Å². The lowest BCUT2D eigenvalue weighted by atomic mass is 10.1. The van der Waals surface area contributed by atoms with Gasteiger partial charge in [0.25, 0.3) is 0 Å². The minimum atomic E-state index is 0.153. The standard InChI is InChI=1S/C24H23N3O/c1-2-26-16-20(14-23(26)28)24-25-21-9-5-6-10-22(21)27(24)15-17-11-12-18-7-3-4-8-19(18)13-17/h3-13,20H,2,14-16H2,1H3. The second kappa shape index (κ2) is 6.79.